The van der Waals surface area contributed by atoms with E-state index < -0.39 is 0 Å². The number of carbonyl (C=O) groups is 1. The first-order valence-corrected chi connectivity index (χ1v) is 12.1. The molecule has 3 rings (SSSR count). The predicted molar refractivity (Wildman–Crippen MR) is 141 cm³/mol. The first kappa shape index (κ1) is 25.8. The zero-order chi connectivity index (χ0) is 24.3. The van der Waals surface area contributed by atoms with Crippen LogP contribution < -0.4 is 20.1 Å². The maximum absolute atomic E-state index is 11.0. The van der Waals surface area contributed by atoms with Gasteiger partial charge in [-0.05, 0) is 33.1 Å². The molecule has 0 radical (unpaired) electrons. The fourth-order valence-corrected chi connectivity index (χ4v) is 4.19. The van der Waals surface area contributed by atoms with Crippen molar-refractivity contribution in [1.29, 1.82) is 0 Å². The Morgan fingerprint density at radius 3 is 2.56 bits per heavy atom. The molecular weight excluding hydrogens is 516 g/mol. The second-order valence-electron chi connectivity index (χ2n) is 7.58. The molecule has 0 saturated heterocycles. The third-order valence-electron chi connectivity index (χ3n) is 5.01. The Labute approximate surface area is 214 Å². The van der Waals surface area contributed by atoms with Crippen molar-refractivity contribution in [3.63, 3.8) is 0 Å². The quantitative estimate of drug-likeness (QED) is 0.213. The largest absolute Gasteiger partial charge is 0.489 e. The van der Waals surface area contributed by atoms with Crippen LogP contribution >= 0.6 is 27.5 Å². The minimum absolute atomic E-state index is 0.0534. The highest BCUT2D eigenvalue weighted by Crippen LogP contribution is 2.35. The maximum Gasteiger partial charge on any atom is 0.216 e. The van der Waals surface area contributed by atoms with E-state index in [2.05, 4.69) is 51.3 Å². The number of halogens is 2. The fourth-order valence-electron chi connectivity index (χ4n) is 3.35. The number of ether oxygens (including phenoxy) is 2. The van der Waals surface area contributed by atoms with E-state index in [-0.39, 0.29) is 5.91 Å². The van der Waals surface area contributed by atoms with E-state index >= 15 is 0 Å². The summed E-state index contributed by atoms with van der Waals surface area (Å²) in [6, 6.07) is 20.0. The molecule has 0 saturated carbocycles. The second-order valence-corrected chi connectivity index (χ2v) is 8.78. The van der Waals surface area contributed by atoms with Crippen LogP contribution in [0.1, 0.15) is 18.1 Å². The normalized spacial score (nSPS) is 10.6. The van der Waals surface area contributed by atoms with Gasteiger partial charge in [0.2, 0.25) is 5.91 Å². The molecule has 0 aromatic heterocycles. The zero-order valence-corrected chi connectivity index (χ0v) is 21.4. The Hall–Kier alpha value is -2.80. The molecule has 7 heteroatoms. The highest BCUT2D eigenvalue weighted by atomic mass is 79.9. The number of benzene rings is 3. The number of amides is 1. The highest BCUT2D eigenvalue weighted by molar-refractivity contribution is 9.10. The minimum atomic E-state index is -0.0534. The first-order valence-electron chi connectivity index (χ1n) is 11.0. The average Bonchev–Trinajstić information content (AvgIpc) is 2.83. The SMILES string of the molecule is C=CCOc1cc(OCc2cccc(-c3ccccc3)c2Br)c(Cl)cc1CNCCNC(C)=O. The van der Waals surface area contributed by atoms with E-state index in [1.54, 1.807) is 6.08 Å². The van der Waals surface area contributed by atoms with Gasteiger partial charge in [0.15, 0.2) is 0 Å². The van der Waals surface area contributed by atoms with Gasteiger partial charge in [0, 0.05) is 48.2 Å². The first-order chi connectivity index (χ1) is 16.5. The van der Waals surface area contributed by atoms with Gasteiger partial charge < -0.3 is 20.1 Å². The van der Waals surface area contributed by atoms with Gasteiger partial charge in [-0.3, -0.25) is 4.79 Å². The van der Waals surface area contributed by atoms with E-state index in [1.807, 2.05) is 42.5 Å². The van der Waals surface area contributed by atoms with Gasteiger partial charge in [-0.2, -0.15) is 0 Å². The molecule has 1 amide bonds. The summed E-state index contributed by atoms with van der Waals surface area (Å²) in [4.78, 5) is 11.0. The summed E-state index contributed by atoms with van der Waals surface area (Å²) in [6.07, 6.45) is 1.69. The third-order valence-corrected chi connectivity index (χ3v) is 6.24. The van der Waals surface area contributed by atoms with Gasteiger partial charge in [0.05, 0.1) is 5.02 Å². The molecule has 34 heavy (non-hydrogen) atoms. The summed E-state index contributed by atoms with van der Waals surface area (Å²) in [5.74, 6) is 1.16. The third kappa shape index (κ3) is 7.35. The highest BCUT2D eigenvalue weighted by Gasteiger charge is 2.13. The molecule has 0 aliphatic carbocycles. The lowest BCUT2D eigenvalue weighted by atomic mass is 10.0. The van der Waals surface area contributed by atoms with Crippen molar-refractivity contribution in [3.8, 4) is 22.6 Å². The molecule has 0 heterocycles. The number of rotatable bonds is 12. The van der Waals surface area contributed by atoms with Crippen LogP contribution in [0.5, 0.6) is 11.5 Å². The second kappa shape index (κ2) is 13.2. The lowest BCUT2D eigenvalue weighted by Crippen LogP contribution is -2.30. The summed E-state index contributed by atoms with van der Waals surface area (Å²) in [6.45, 7) is 7.64. The van der Waals surface area contributed by atoms with Crippen molar-refractivity contribution in [2.24, 2.45) is 0 Å². The van der Waals surface area contributed by atoms with Crippen LogP contribution in [0.25, 0.3) is 11.1 Å². The van der Waals surface area contributed by atoms with E-state index in [0.29, 0.717) is 49.4 Å². The van der Waals surface area contributed by atoms with Gasteiger partial charge in [-0.25, -0.2) is 0 Å². The molecule has 0 spiro atoms. The molecule has 0 aliphatic rings. The summed E-state index contributed by atoms with van der Waals surface area (Å²) in [5, 5.41) is 6.54. The molecular formula is C27H28BrClN2O3. The van der Waals surface area contributed by atoms with Gasteiger partial charge in [0.1, 0.15) is 24.7 Å². The van der Waals surface area contributed by atoms with Crippen molar-refractivity contribution >= 4 is 33.4 Å². The molecule has 3 aromatic carbocycles. The van der Waals surface area contributed by atoms with Crippen LogP contribution in [-0.4, -0.2) is 25.6 Å². The number of nitrogens with one attached hydrogen (secondary N) is 2. The van der Waals surface area contributed by atoms with Gasteiger partial charge in [-0.1, -0.05) is 72.8 Å². The van der Waals surface area contributed by atoms with Gasteiger partial charge in [-0.15, -0.1) is 0 Å². The molecule has 0 bridgehead atoms. The average molecular weight is 544 g/mol. The van der Waals surface area contributed by atoms with E-state index in [9.17, 15) is 4.79 Å². The van der Waals surface area contributed by atoms with Gasteiger partial charge >= 0.3 is 0 Å². The number of carbonyl (C=O) groups excluding carboxylic acids is 1. The van der Waals surface area contributed by atoms with Crippen molar-refractivity contribution in [2.75, 3.05) is 19.7 Å². The van der Waals surface area contributed by atoms with Crippen molar-refractivity contribution < 1.29 is 14.3 Å². The maximum atomic E-state index is 11.0. The van der Waals surface area contributed by atoms with E-state index in [1.165, 1.54) is 6.92 Å². The lowest BCUT2D eigenvalue weighted by molar-refractivity contribution is -0.118. The fraction of sp³-hybridized carbons (Fsp3) is 0.222. The molecule has 178 valence electrons. The summed E-state index contributed by atoms with van der Waals surface area (Å²) in [5.41, 5.74) is 4.14. The topological polar surface area (TPSA) is 59.6 Å². The van der Waals surface area contributed by atoms with Crippen molar-refractivity contribution in [1.82, 2.24) is 10.6 Å². The lowest BCUT2D eigenvalue weighted by Gasteiger charge is -2.16. The Bertz CT molecular complexity index is 1120. The minimum Gasteiger partial charge on any atom is -0.489 e. The van der Waals surface area contributed by atoms with E-state index in [4.69, 9.17) is 21.1 Å². The Kier molecular flexibility index (Phi) is 10.0. The molecule has 5 nitrogen and oxygen atoms in total. The van der Waals surface area contributed by atoms with Crippen LogP contribution in [0.15, 0.2) is 77.8 Å². The number of hydrogen-bond donors (Lipinski definition) is 2. The van der Waals surface area contributed by atoms with Crippen LogP contribution in [0, 0.1) is 0 Å². The zero-order valence-electron chi connectivity index (χ0n) is 19.1. The van der Waals surface area contributed by atoms with Crippen molar-refractivity contribution in [2.45, 2.75) is 20.1 Å². The molecule has 3 aromatic rings. The van der Waals surface area contributed by atoms with E-state index in [0.717, 1.165) is 26.7 Å². The smallest absolute Gasteiger partial charge is 0.216 e. The van der Waals surface area contributed by atoms with Crippen LogP contribution in [0.2, 0.25) is 5.02 Å². The molecule has 0 fully saturated rings. The Morgan fingerprint density at radius 1 is 1.03 bits per heavy atom. The standard InChI is InChI=1S/C27H28BrClN2O3/c1-3-14-33-25-16-26(24(29)15-22(25)17-30-12-13-31-19(2)32)34-18-21-10-7-11-23(27(21)28)20-8-5-4-6-9-20/h3-11,15-16,30H,1,12-14,17-18H2,2H3,(H,31,32). The molecule has 2 N–H and O–H groups in total. The predicted octanol–water partition coefficient (Wildman–Crippen LogP) is 6.14. The number of hydrogen-bond acceptors (Lipinski definition) is 4. The molecule has 0 aliphatic heterocycles. The van der Waals surface area contributed by atoms with Crippen LogP contribution in [-0.2, 0) is 17.9 Å². The molecule has 0 atom stereocenters. The summed E-state index contributed by atoms with van der Waals surface area (Å²) < 4.78 is 12.9. The van der Waals surface area contributed by atoms with Crippen LogP contribution in [0.4, 0.5) is 0 Å². The van der Waals surface area contributed by atoms with Crippen molar-refractivity contribution in [3.05, 3.63) is 93.9 Å². The Morgan fingerprint density at radius 2 is 1.82 bits per heavy atom. The summed E-state index contributed by atoms with van der Waals surface area (Å²) in [7, 11) is 0. The molecule has 0 unspecified atom stereocenters. The Balaban J connectivity index is 1.73. The summed E-state index contributed by atoms with van der Waals surface area (Å²) >= 11 is 10.3. The monoisotopic (exact) mass is 542 g/mol. The van der Waals surface area contributed by atoms with Gasteiger partial charge in [0.25, 0.3) is 0 Å². The van der Waals surface area contributed by atoms with Crippen LogP contribution in [0.3, 0.4) is 0 Å².